The van der Waals surface area contributed by atoms with E-state index in [0.29, 0.717) is 0 Å². The average molecular weight is 484 g/mol. The quantitative estimate of drug-likeness (QED) is 0.321. The molecule has 0 aromatic carbocycles. The number of nitrogens with zero attached hydrogens (tertiary/aromatic N) is 4. The molecule has 3 aromatic heterocycles. The highest BCUT2D eigenvalue weighted by molar-refractivity contribution is 14.0. The van der Waals surface area contributed by atoms with Crippen molar-refractivity contribution in [3.05, 3.63) is 51.9 Å². The van der Waals surface area contributed by atoms with E-state index in [1.807, 2.05) is 28.8 Å². The summed E-state index contributed by atoms with van der Waals surface area (Å²) < 4.78 is 2.04. The molecule has 0 fully saturated rings. The van der Waals surface area contributed by atoms with Crippen LogP contribution >= 0.6 is 35.3 Å². The van der Waals surface area contributed by atoms with Crippen LogP contribution in [0.4, 0.5) is 0 Å². The van der Waals surface area contributed by atoms with Crippen LogP contribution in [-0.4, -0.2) is 40.5 Å². The average Bonchev–Trinajstić information content (AvgIpc) is 3.16. The van der Waals surface area contributed by atoms with Gasteiger partial charge in [-0.05, 0) is 26.0 Å². The van der Waals surface area contributed by atoms with Crippen molar-refractivity contribution in [2.45, 2.75) is 26.7 Å². The van der Waals surface area contributed by atoms with Gasteiger partial charge in [-0.15, -0.1) is 35.3 Å². The summed E-state index contributed by atoms with van der Waals surface area (Å²) in [6, 6.07) is 6.02. The molecular formula is C18H25IN6S. The highest BCUT2D eigenvalue weighted by atomic mass is 127. The molecule has 0 saturated carbocycles. The van der Waals surface area contributed by atoms with Crippen LogP contribution < -0.4 is 10.6 Å². The topological polar surface area (TPSA) is 66.6 Å². The molecular weight excluding hydrogens is 459 g/mol. The van der Waals surface area contributed by atoms with Gasteiger partial charge in [0.25, 0.3) is 0 Å². The molecule has 3 rings (SSSR count). The van der Waals surface area contributed by atoms with Crippen molar-refractivity contribution in [2.24, 2.45) is 4.99 Å². The number of imidazole rings is 1. The highest BCUT2D eigenvalue weighted by Crippen LogP contribution is 2.16. The van der Waals surface area contributed by atoms with Gasteiger partial charge in [0, 0.05) is 50.2 Å². The minimum absolute atomic E-state index is 0. The van der Waals surface area contributed by atoms with Gasteiger partial charge in [0.1, 0.15) is 5.65 Å². The Kier molecular flexibility index (Phi) is 7.83. The van der Waals surface area contributed by atoms with Crippen LogP contribution in [0, 0.1) is 13.8 Å². The monoisotopic (exact) mass is 484 g/mol. The van der Waals surface area contributed by atoms with E-state index < -0.39 is 0 Å². The molecule has 0 aliphatic heterocycles. The first-order valence-corrected chi connectivity index (χ1v) is 9.27. The molecule has 6 nitrogen and oxygen atoms in total. The first-order chi connectivity index (χ1) is 12.2. The number of fused-ring (bicyclic) bond motifs is 1. The SMILES string of the molecule is CN=C(NCCc1cn2ccccc2n1)NCCc1nc(C)c(C)s1.I. The summed E-state index contributed by atoms with van der Waals surface area (Å²) in [6.07, 6.45) is 5.85. The number of aliphatic imine (C=N–C) groups is 1. The predicted octanol–water partition coefficient (Wildman–Crippen LogP) is 2.98. The minimum atomic E-state index is 0. The van der Waals surface area contributed by atoms with Crippen molar-refractivity contribution in [3.8, 4) is 0 Å². The molecule has 0 bridgehead atoms. The van der Waals surface area contributed by atoms with Crippen LogP contribution in [0.3, 0.4) is 0 Å². The molecule has 0 radical (unpaired) electrons. The standard InChI is InChI=1S/C18H24N6S.HI/c1-13-14(2)25-17(22-13)8-10-21-18(19-3)20-9-7-15-12-24-11-5-4-6-16(24)23-15;/h4-6,11-12H,7-10H2,1-3H3,(H2,19,20,21);1H. The number of aromatic nitrogens is 3. The van der Waals surface area contributed by atoms with Gasteiger partial charge in [-0.2, -0.15) is 0 Å². The van der Waals surface area contributed by atoms with Crippen LogP contribution in [-0.2, 0) is 12.8 Å². The van der Waals surface area contributed by atoms with Crippen molar-refractivity contribution >= 4 is 46.9 Å². The Hall–Kier alpha value is -1.68. The van der Waals surface area contributed by atoms with Gasteiger partial charge in [-0.1, -0.05) is 6.07 Å². The first kappa shape index (κ1) is 20.6. The van der Waals surface area contributed by atoms with Gasteiger partial charge in [-0.25, -0.2) is 9.97 Å². The maximum Gasteiger partial charge on any atom is 0.191 e. The van der Waals surface area contributed by atoms with Crippen molar-refractivity contribution in [1.29, 1.82) is 0 Å². The Morgan fingerprint density at radius 2 is 1.92 bits per heavy atom. The van der Waals surface area contributed by atoms with Crippen molar-refractivity contribution in [1.82, 2.24) is 25.0 Å². The molecule has 0 spiro atoms. The Balaban J connectivity index is 0.00000243. The molecule has 8 heteroatoms. The third-order valence-corrected chi connectivity index (χ3v) is 5.15. The van der Waals surface area contributed by atoms with Crippen LogP contribution in [0.1, 0.15) is 21.3 Å². The molecule has 140 valence electrons. The van der Waals surface area contributed by atoms with Crippen molar-refractivity contribution in [3.63, 3.8) is 0 Å². The smallest absolute Gasteiger partial charge is 0.191 e. The van der Waals surface area contributed by atoms with Gasteiger partial charge in [0.05, 0.1) is 16.4 Å². The molecule has 2 N–H and O–H groups in total. The van der Waals surface area contributed by atoms with Crippen LogP contribution in [0.25, 0.3) is 5.65 Å². The molecule has 3 heterocycles. The number of pyridine rings is 1. The third kappa shape index (κ3) is 5.41. The van der Waals surface area contributed by atoms with Crippen molar-refractivity contribution < 1.29 is 0 Å². The summed E-state index contributed by atoms with van der Waals surface area (Å²) >= 11 is 1.77. The fourth-order valence-corrected chi connectivity index (χ4v) is 3.50. The zero-order valence-electron chi connectivity index (χ0n) is 15.3. The summed E-state index contributed by atoms with van der Waals surface area (Å²) in [7, 11) is 1.79. The molecule has 0 atom stereocenters. The van der Waals surface area contributed by atoms with Gasteiger partial charge < -0.3 is 15.0 Å². The number of guanidine groups is 1. The second-order valence-corrected chi connectivity index (χ2v) is 7.16. The third-order valence-electron chi connectivity index (χ3n) is 4.02. The van der Waals surface area contributed by atoms with Gasteiger partial charge in [0.2, 0.25) is 0 Å². The number of hydrogen-bond donors (Lipinski definition) is 2. The number of rotatable bonds is 6. The summed E-state index contributed by atoms with van der Waals surface area (Å²) in [4.78, 5) is 14.7. The zero-order valence-corrected chi connectivity index (χ0v) is 18.5. The predicted molar refractivity (Wildman–Crippen MR) is 119 cm³/mol. The minimum Gasteiger partial charge on any atom is -0.356 e. The Labute approximate surface area is 175 Å². The number of aryl methyl sites for hydroxylation is 2. The van der Waals surface area contributed by atoms with E-state index in [9.17, 15) is 0 Å². The Bertz CT molecular complexity index is 817. The van der Waals surface area contributed by atoms with E-state index in [2.05, 4.69) is 45.6 Å². The lowest BCUT2D eigenvalue weighted by molar-refractivity contribution is 0.776. The normalized spacial score (nSPS) is 11.4. The highest BCUT2D eigenvalue weighted by Gasteiger charge is 2.05. The summed E-state index contributed by atoms with van der Waals surface area (Å²) in [5, 5.41) is 7.85. The Morgan fingerprint density at radius 3 is 2.58 bits per heavy atom. The zero-order chi connectivity index (χ0) is 17.6. The maximum absolute atomic E-state index is 4.60. The number of hydrogen-bond acceptors (Lipinski definition) is 4. The fraction of sp³-hybridized carbons (Fsp3) is 0.389. The van der Waals surface area contributed by atoms with Crippen LogP contribution in [0.15, 0.2) is 35.6 Å². The first-order valence-electron chi connectivity index (χ1n) is 8.46. The maximum atomic E-state index is 4.60. The van der Waals surface area contributed by atoms with Gasteiger partial charge >= 0.3 is 0 Å². The van der Waals surface area contributed by atoms with Gasteiger partial charge in [0.15, 0.2) is 5.96 Å². The lowest BCUT2D eigenvalue weighted by Gasteiger charge is -2.10. The fourth-order valence-electron chi connectivity index (χ4n) is 2.57. The summed E-state index contributed by atoms with van der Waals surface area (Å²) in [5.74, 6) is 0.814. The number of thiazole rings is 1. The number of halogens is 1. The second-order valence-electron chi connectivity index (χ2n) is 5.87. The molecule has 0 unspecified atom stereocenters. The van der Waals surface area contributed by atoms with Crippen LogP contribution in [0.2, 0.25) is 0 Å². The van der Waals surface area contributed by atoms with E-state index in [1.54, 1.807) is 18.4 Å². The van der Waals surface area contributed by atoms with E-state index in [1.165, 1.54) is 9.88 Å². The van der Waals surface area contributed by atoms with E-state index >= 15 is 0 Å². The molecule has 0 amide bonds. The summed E-state index contributed by atoms with van der Waals surface area (Å²) in [5.41, 5.74) is 3.19. The lowest BCUT2D eigenvalue weighted by atomic mass is 10.3. The lowest BCUT2D eigenvalue weighted by Crippen LogP contribution is -2.39. The molecule has 26 heavy (non-hydrogen) atoms. The van der Waals surface area contributed by atoms with E-state index in [0.717, 1.165) is 48.9 Å². The molecule has 0 aliphatic rings. The second kappa shape index (κ2) is 9.86. The molecule has 0 saturated heterocycles. The molecule has 0 aliphatic carbocycles. The van der Waals surface area contributed by atoms with Crippen LogP contribution in [0.5, 0.6) is 0 Å². The summed E-state index contributed by atoms with van der Waals surface area (Å²) in [6.45, 7) is 5.78. The van der Waals surface area contributed by atoms with E-state index in [-0.39, 0.29) is 24.0 Å². The number of nitrogens with one attached hydrogen (secondary N) is 2. The Morgan fingerprint density at radius 1 is 1.15 bits per heavy atom. The largest absolute Gasteiger partial charge is 0.356 e. The van der Waals surface area contributed by atoms with Gasteiger partial charge in [-0.3, -0.25) is 4.99 Å². The van der Waals surface area contributed by atoms with E-state index in [4.69, 9.17) is 0 Å². The molecule has 3 aromatic rings. The van der Waals surface area contributed by atoms with Crippen molar-refractivity contribution in [2.75, 3.05) is 20.1 Å².